The van der Waals surface area contributed by atoms with Crippen LogP contribution in [0.15, 0.2) is 36.9 Å². The second-order valence-electron chi connectivity index (χ2n) is 11.5. The highest BCUT2D eigenvalue weighted by Crippen LogP contribution is 2.33. The fourth-order valence-electron chi connectivity index (χ4n) is 3.99. The number of rotatable bonds is 13. The van der Waals surface area contributed by atoms with Gasteiger partial charge in [0.1, 0.15) is 25.0 Å². The quantitative estimate of drug-likeness (QED) is 0.185. The largest absolute Gasteiger partial charge is 0.405 e. The molecule has 1 atom stereocenters. The fourth-order valence-corrected chi connectivity index (χ4v) is 5.29. The number of carbonyl (C=O) groups excluding carboxylic acids is 1. The summed E-state index contributed by atoms with van der Waals surface area (Å²) in [5.41, 5.74) is 2.57. The van der Waals surface area contributed by atoms with Gasteiger partial charge in [0.25, 0.3) is 0 Å². The molecular weight excluding hydrogens is 577 g/mol. The molecule has 15 heteroatoms. The lowest BCUT2D eigenvalue weighted by Crippen LogP contribution is -2.46. The van der Waals surface area contributed by atoms with Crippen molar-refractivity contribution < 1.29 is 31.1 Å². The minimum Gasteiger partial charge on any atom is -0.372 e. The summed E-state index contributed by atoms with van der Waals surface area (Å²) >= 11 is 0. The molecule has 0 bridgehead atoms. The third-order valence-electron chi connectivity index (χ3n) is 6.03. The molecule has 3 aromatic heterocycles. The zero-order valence-electron chi connectivity index (χ0n) is 24.0. The molecule has 3 heterocycles. The monoisotopic (exact) mass is 614 g/mol. The van der Waals surface area contributed by atoms with Gasteiger partial charge in [-0.05, 0) is 24.1 Å². The van der Waals surface area contributed by atoms with E-state index in [1.165, 1.54) is 12.4 Å². The standard InChI is InChI=1S/C26H37F3N6O4SSi/c1-17(2)23(25(36)32-15-26(27,28)29)33-19-9-18(11-30-12-19)22-14-35(16-39-7-8-41(4,5)6)24-21(22)10-20(13-31-24)34-40(3,37)38/h9-14,17,23,33-34H,7-8,15-16H2,1-6H3,(H,32,36). The van der Waals surface area contributed by atoms with Crippen LogP contribution in [0, 0.1) is 5.92 Å². The number of halogens is 3. The Hall–Kier alpha value is -3.17. The number of ether oxygens (including phenoxy) is 1. The van der Waals surface area contributed by atoms with Gasteiger partial charge in [0.05, 0.1) is 23.8 Å². The third-order valence-corrected chi connectivity index (χ3v) is 8.34. The molecule has 0 fully saturated rings. The maximum absolute atomic E-state index is 12.6. The number of sulfonamides is 1. The number of anilines is 2. The summed E-state index contributed by atoms with van der Waals surface area (Å²) in [6.45, 7) is 9.62. The summed E-state index contributed by atoms with van der Waals surface area (Å²) in [6.07, 6.45) is 2.85. The smallest absolute Gasteiger partial charge is 0.372 e. The maximum Gasteiger partial charge on any atom is 0.405 e. The Bertz CT molecular complexity index is 1470. The van der Waals surface area contributed by atoms with Crippen LogP contribution in [0.5, 0.6) is 0 Å². The molecule has 0 spiro atoms. The number of fused-ring (bicyclic) bond motifs is 1. The number of nitrogens with one attached hydrogen (secondary N) is 3. The molecule has 0 aliphatic carbocycles. The Labute approximate surface area is 239 Å². The molecule has 3 N–H and O–H groups in total. The maximum atomic E-state index is 12.6. The van der Waals surface area contributed by atoms with Crippen molar-refractivity contribution in [3.8, 4) is 11.1 Å². The first-order chi connectivity index (χ1) is 18.9. The first kappa shape index (κ1) is 32.3. The highest BCUT2D eigenvalue weighted by atomic mass is 32.2. The van der Waals surface area contributed by atoms with Gasteiger partial charge >= 0.3 is 6.18 Å². The molecule has 0 aliphatic heterocycles. The summed E-state index contributed by atoms with van der Waals surface area (Å²) in [7, 11) is -4.84. The van der Waals surface area contributed by atoms with Gasteiger partial charge in [-0.25, -0.2) is 13.4 Å². The fraction of sp³-hybridized carbons (Fsp3) is 0.500. The van der Waals surface area contributed by atoms with Crippen molar-refractivity contribution in [1.82, 2.24) is 19.9 Å². The molecular formula is C26H37F3N6O4SSi. The molecule has 0 radical (unpaired) electrons. The molecule has 3 aromatic rings. The summed E-state index contributed by atoms with van der Waals surface area (Å²) in [5.74, 6) is -1.11. The van der Waals surface area contributed by atoms with E-state index in [4.69, 9.17) is 4.74 Å². The van der Waals surface area contributed by atoms with Crippen LogP contribution in [-0.4, -0.2) is 68.6 Å². The molecule has 1 amide bonds. The predicted molar refractivity (Wildman–Crippen MR) is 157 cm³/mol. The molecule has 10 nitrogen and oxygen atoms in total. The zero-order valence-corrected chi connectivity index (χ0v) is 25.8. The van der Waals surface area contributed by atoms with Crippen LogP contribution in [0.2, 0.25) is 25.7 Å². The third kappa shape index (κ3) is 10.0. The molecule has 3 rings (SSSR count). The van der Waals surface area contributed by atoms with Crippen LogP contribution in [0.3, 0.4) is 0 Å². The van der Waals surface area contributed by atoms with Gasteiger partial charge in [0, 0.05) is 49.8 Å². The summed E-state index contributed by atoms with van der Waals surface area (Å²) in [5, 5.41) is 5.57. The van der Waals surface area contributed by atoms with Crippen LogP contribution >= 0.6 is 0 Å². The Kier molecular flexibility index (Phi) is 10.1. The Morgan fingerprint density at radius 2 is 1.83 bits per heavy atom. The molecule has 0 aliphatic rings. The molecule has 226 valence electrons. The molecule has 0 saturated carbocycles. The van der Waals surface area contributed by atoms with Crippen LogP contribution < -0.4 is 15.4 Å². The Morgan fingerprint density at radius 1 is 1.12 bits per heavy atom. The molecule has 0 saturated heterocycles. The van der Waals surface area contributed by atoms with Crippen molar-refractivity contribution in [2.24, 2.45) is 5.92 Å². The van der Waals surface area contributed by atoms with E-state index in [9.17, 15) is 26.4 Å². The first-order valence-electron chi connectivity index (χ1n) is 13.0. The zero-order chi connectivity index (χ0) is 30.6. The van der Waals surface area contributed by atoms with Gasteiger partial charge in [-0.2, -0.15) is 13.2 Å². The van der Waals surface area contributed by atoms with Crippen molar-refractivity contribution >= 4 is 46.4 Å². The van der Waals surface area contributed by atoms with Crippen molar-refractivity contribution in [2.75, 3.05) is 29.4 Å². The van der Waals surface area contributed by atoms with E-state index >= 15 is 0 Å². The van der Waals surface area contributed by atoms with Crippen LogP contribution in [0.1, 0.15) is 13.8 Å². The van der Waals surface area contributed by atoms with Gasteiger partial charge in [0.2, 0.25) is 15.9 Å². The highest BCUT2D eigenvalue weighted by Gasteiger charge is 2.30. The van der Waals surface area contributed by atoms with Gasteiger partial charge < -0.3 is 19.9 Å². The number of hydrogen-bond acceptors (Lipinski definition) is 7. The Balaban J connectivity index is 1.95. The van der Waals surface area contributed by atoms with E-state index in [2.05, 4.69) is 39.6 Å². The van der Waals surface area contributed by atoms with Crippen LogP contribution in [0.25, 0.3) is 22.2 Å². The molecule has 0 aromatic carbocycles. The number of carbonyl (C=O) groups is 1. The van der Waals surface area contributed by atoms with Gasteiger partial charge in [-0.15, -0.1) is 0 Å². The molecule has 1 unspecified atom stereocenters. The predicted octanol–water partition coefficient (Wildman–Crippen LogP) is 4.90. The van der Waals surface area contributed by atoms with Gasteiger partial charge in [0.15, 0.2) is 0 Å². The summed E-state index contributed by atoms with van der Waals surface area (Å²) in [4.78, 5) is 21.3. The Morgan fingerprint density at radius 3 is 2.44 bits per heavy atom. The summed E-state index contributed by atoms with van der Waals surface area (Å²) < 4.78 is 71.8. The van der Waals surface area contributed by atoms with E-state index in [0.29, 0.717) is 34.5 Å². The van der Waals surface area contributed by atoms with Crippen molar-refractivity contribution in [3.63, 3.8) is 0 Å². The van der Waals surface area contributed by atoms with E-state index < -0.39 is 42.8 Å². The van der Waals surface area contributed by atoms with E-state index in [0.717, 1.165) is 12.3 Å². The number of alkyl halides is 3. The van der Waals surface area contributed by atoms with Crippen molar-refractivity contribution in [3.05, 3.63) is 36.9 Å². The number of nitrogens with zero attached hydrogens (tertiary/aromatic N) is 3. The molecule has 41 heavy (non-hydrogen) atoms. The van der Waals surface area contributed by atoms with Crippen molar-refractivity contribution in [1.29, 1.82) is 0 Å². The van der Waals surface area contributed by atoms with Gasteiger partial charge in [-0.1, -0.05) is 33.5 Å². The van der Waals surface area contributed by atoms with E-state index in [1.54, 1.807) is 32.2 Å². The van der Waals surface area contributed by atoms with Crippen LogP contribution in [-0.2, 0) is 26.3 Å². The average molecular weight is 615 g/mol. The second-order valence-corrected chi connectivity index (χ2v) is 18.9. The second kappa shape index (κ2) is 12.8. The number of aromatic nitrogens is 3. The number of hydrogen-bond donors (Lipinski definition) is 3. The topological polar surface area (TPSA) is 127 Å². The minimum atomic E-state index is -4.52. The average Bonchev–Trinajstić information content (AvgIpc) is 3.19. The summed E-state index contributed by atoms with van der Waals surface area (Å²) in [6, 6.07) is 3.43. The lowest BCUT2D eigenvalue weighted by atomic mass is 10.0. The highest BCUT2D eigenvalue weighted by molar-refractivity contribution is 7.92. The van der Waals surface area contributed by atoms with Gasteiger partial charge in [-0.3, -0.25) is 14.5 Å². The normalized spacial score (nSPS) is 13.4. The SMILES string of the molecule is CC(C)C(Nc1cncc(-c2cn(COCC[Si](C)(C)C)c3ncc(NS(C)(=O)=O)cc23)c1)C(=O)NCC(F)(F)F. The lowest BCUT2D eigenvalue weighted by Gasteiger charge is -2.23. The van der Waals surface area contributed by atoms with Crippen LogP contribution in [0.4, 0.5) is 24.5 Å². The lowest BCUT2D eigenvalue weighted by molar-refractivity contribution is -0.139. The van der Waals surface area contributed by atoms with E-state index in [1.807, 2.05) is 16.1 Å². The number of pyridine rings is 2. The van der Waals surface area contributed by atoms with Crippen molar-refractivity contribution in [2.45, 2.75) is 58.5 Å². The number of amides is 1. The van der Waals surface area contributed by atoms with E-state index in [-0.39, 0.29) is 18.3 Å². The minimum absolute atomic E-state index is 0.229. The first-order valence-corrected chi connectivity index (χ1v) is 18.6.